The topological polar surface area (TPSA) is 38.9 Å². The van der Waals surface area contributed by atoms with E-state index in [1.165, 1.54) is 17.4 Å². The maximum atomic E-state index is 6.22. The van der Waals surface area contributed by atoms with Crippen molar-refractivity contribution in [2.75, 3.05) is 0 Å². The number of pyridine rings is 1. The van der Waals surface area contributed by atoms with Gasteiger partial charge in [-0.1, -0.05) is 32.0 Å². The second kappa shape index (κ2) is 5.96. The van der Waals surface area contributed by atoms with Crippen LogP contribution in [-0.2, 0) is 6.42 Å². The van der Waals surface area contributed by atoms with Crippen molar-refractivity contribution in [2.45, 2.75) is 39.2 Å². The highest BCUT2D eigenvalue weighted by molar-refractivity contribution is 5.81. The van der Waals surface area contributed by atoms with Crippen LogP contribution in [-0.4, -0.2) is 11.0 Å². The highest BCUT2D eigenvalue weighted by Crippen LogP contribution is 2.18. The van der Waals surface area contributed by atoms with E-state index in [2.05, 4.69) is 43.1 Å². The highest BCUT2D eigenvalue weighted by atomic mass is 14.7. The second-order valence-corrected chi connectivity index (χ2v) is 5.42. The molecule has 96 valence electrons. The Labute approximate surface area is 109 Å². The zero-order valence-corrected chi connectivity index (χ0v) is 11.3. The summed E-state index contributed by atoms with van der Waals surface area (Å²) in [6.45, 7) is 4.49. The highest BCUT2D eigenvalue weighted by Gasteiger charge is 2.08. The number of hydrogen-bond acceptors (Lipinski definition) is 2. The molecule has 2 N–H and O–H groups in total. The van der Waals surface area contributed by atoms with Gasteiger partial charge in [0, 0.05) is 17.6 Å². The first-order valence-corrected chi connectivity index (χ1v) is 6.75. The minimum atomic E-state index is 0.248. The normalized spacial score (nSPS) is 13.1. The molecule has 1 aromatic carbocycles. The summed E-state index contributed by atoms with van der Waals surface area (Å²) in [6.07, 6.45) is 5.11. The molecule has 0 fully saturated rings. The van der Waals surface area contributed by atoms with E-state index in [0.717, 1.165) is 24.3 Å². The standard InChI is InChI=1S/C16H22N2/c1-12(2)7-8-14(17)11-13-9-10-18-16-6-4-3-5-15(13)16/h3-6,9-10,12,14H,7-8,11,17H2,1-2H3. The van der Waals surface area contributed by atoms with Crippen molar-refractivity contribution < 1.29 is 0 Å². The fourth-order valence-electron chi connectivity index (χ4n) is 2.27. The van der Waals surface area contributed by atoms with Crippen LogP contribution in [0.3, 0.4) is 0 Å². The maximum absolute atomic E-state index is 6.22. The molecule has 0 aliphatic heterocycles. The number of para-hydroxylation sites is 1. The minimum absolute atomic E-state index is 0.248. The van der Waals surface area contributed by atoms with Crippen molar-refractivity contribution in [3.63, 3.8) is 0 Å². The maximum Gasteiger partial charge on any atom is 0.0704 e. The van der Waals surface area contributed by atoms with Gasteiger partial charge in [0.2, 0.25) is 0 Å². The number of fused-ring (bicyclic) bond motifs is 1. The number of nitrogens with two attached hydrogens (primary N) is 1. The van der Waals surface area contributed by atoms with E-state index in [1.54, 1.807) is 0 Å². The van der Waals surface area contributed by atoms with Gasteiger partial charge in [0.05, 0.1) is 5.52 Å². The zero-order chi connectivity index (χ0) is 13.0. The number of rotatable bonds is 5. The van der Waals surface area contributed by atoms with Crippen LogP contribution in [0.25, 0.3) is 10.9 Å². The lowest BCUT2D eigenvalue weighted by molar-refractivity contribution is 0.495. The van der Waals surface area contributed by atoms with Crippen molar-refractivity contribution in [3.05, 3.63) is 42.1 Å². The third-order valence-electron chi connectivity index (χ3n) is 3.34. The van der Waals surface area contributed by atoms with Gasteiger partial charge in [0.1, 0.15) is 0 Å². The summed E-state index contributed by atoms with van der Waals surface area (Å²) in [5.74, 6) is 0.727. The van der Waals surface area contributed by atoms with E-state index in [9.17, 15) is 0 Å². The Bertz CT molecular complexity index is 500. The Morgan fingerprint density at radius 3 is 2.67 bits per heavy atom. The van der Waals surface area contributed by atoms with E-state index in [-0.39, 0.29) is 6.04 Å². The number of aromatic nitrogens is 1. The van der Waals surface area contributed by atoms with Crippen LogP contribution in [0.15, 0.2) is 36.5 Å². The largest absolute Gasteiger partial charge is 0.327 e. The van der Waals surface area contributed by atoms with Crippen molar-refractivity contribution in [3.8, 4) is 0 Å². The second-order valence-electron chi connectivity index (χ2n) is 5.42. The van der Waals surface area contributed by atoms with Crippen molar-refractivity contribution in [2.24, 2.45) is 11.7 Å². The molecule has 1 atom stereocenters. The molecule has 2 heteroatoms. The molecule has 18 heavy (non-hydrogen) atoms. The molecule has 0 saturated heterocycles. The van der Waals surface area contributed by atoms with E-state index >= 15 is 0 Å². The Morgan fingerprint density at radius 1 is 1.11 bits per heavy atom. The lowest BCUT2D eigenvalue weighted by Gasteiger charge is -2.14. The number of benzene rings is 1. The van der Waals surface area contributed by atoms with Gasteiger partial charge in [0.25, 0.3) is 0 Å². The molecule has 1 unspecified atom stereocenters. The SMILES string of the molecule is CC(C)CCC(N)Cc1ccnc2ccccc12. The molecule has 1 heterocycles. The van der Waals surface area contributed by atoms with Gasteiger partial charge in [-0.05, 0) is 42.9 Å². The van der Waals surface area contributed by atoms with Gasteiger partial charge in [-0.3, -0.25) is 4.98 Å². The van der Waals surface area contributed by atoms with Crippen LogP contribution < -0.4 is 5.73 Å². The third-order valence-corrected chi connectivity index (χ3v) is 3.34. The third kappa shape index (κ3) is 3.30. The van der Waals surface area contributed by atoms with Gasteiger partial charge in [0.15, 0.2) is 0 Å². The molecular weight excluding hydrogens is 220 g/mol. The molecular formula is C16H22N2. The fourth-order valence-corrected chi connectivity index (χ4v) is 2.27. The Morgan fingerprint density at radius 2 is 1.89 bits per heavy atom. The first kappa shape index (κ1) is 13.0. The Hall–Kier alpha value is -1.41. The minimum Gasteiger partial charge on any atom is -0.327 e. The Balaban J connectivity index is 2.11. The predicted octanol–water partition coefficient (Wildman–Crippen LogP) is 3.54. The van der Waals surface area contributed by atoms with Gasteiger partial charge in [-0.15, -0.1) is 0 Å². The summed E-state index contributed by atoms with van der Waals surface area (Å²) < 4.78 is 0. The molecule has 0 saturated carbocycles. The summed E-state index contributed by atoms with van der Waals surface area (Å²) in [7, 11) is 0. The summed E-state index contributed by atoms with van der Waals surface area (Å²) >= 11 is 0. The lowest BCUT2D eigenvalue weighted by Crippen LogP contribution is -2.23. The first-order valence-electron chi connectivity index (χ1n) is 6.75. The van der Waals surface area contributed by atoms with Gasteiger partial charge in [-0.2, -0.15) is 0 Å². The van der Waals surface area contributed by atoms with E-state index in [0.29, 0.717) is 0 Å². The molecule has 0 amide bonds. The van der Waals surface area contributed by atoms with Gasteiger partial charge >= 0.3 is 0 Å². The van der Waals surface area contributed by atoms with Crippen molar-refractivity contribution in [1.29, 1.82) is 0 Å². The Kier molecular flexibility index (Phi) is 4.32. The monoisotopic (exact) mass is 242 g/mol. The average Bonchev–Trinajstić information content (AvgIpc) is 2.37. The van der Waals surface area contributed by atoms with Gasteiger partial charge in [-0.25, -0.2) is 0 Å². The van der Waals surface area contributed by atoms with Crippen molar-refractivity contribution in [1.82, 2.24) is 4.98 Å². The van der Waals surface area contributed by atoms with Crippen LogP contribution in [0.1, 0.15) is 32.3 Å². The van der Waals surface area contributed by atoms with E-state index < -0.39 is 0 Å². The van der Waals surface area contributed by atoms with Crippen LogP contribution >= 0.6 is 0 Å². The van der Waals surface area contributed by atoms with Crippen LogP contribution in [0.2, 0.25) is 0 Å². The molecule has 0 radical (unpaired) electrons. The molecule has 0 spiro atoms. The van der Waals surface area contributed by atoms with Crippen molar-refractivity contribution >= 4 is 10.9 Å². The molecule has 0 bridgehead atoms. The molecule has 0 aliphatic rings. The summed E-state index contributed by atoms with van der Waals surface area (Å²) in [5, 5.41) is 1.24. The average molecular weight is 242 g/mol. The van der Waals surface area contributed by atoms with E-state index in [4.69, 9.17) is 5.73 Å². The van der Waals surface area contributed by atoms with Crippen LogP contribution in [0, 0.1) is 5.92 Å². The molecule has 1 aromatic heterocycles. The molecule has 2 nitrogen and oxygen atoms in total. The summed E-state index contributed by atoms with van der Waals surface area (Å²) in [5.41, 5.74) is 8.60. The first-order chi connectivity index (χ1) is 8.66. The quantitative estimate of drug-likeness (QED) is 0.871. The molecule has 0 aliphatic carbocycles. The van der Waals surface area contributed by atoms with Gasteiger partial charge < -0.3 is 5.73 Å². The van der Waals surface area contributed by atoms with E-state index in [1.807, 2.05) is 12.3 Å². The lowest BCUT2D eigenvalue weighted by atomic mass is 9.97. The number of nitrogens with zero attached hydrogens (tertiary/aromatic N) is 1. The number of hydrogen-bond donors (Lipinski definition) is 1. The van der Waals surface area contributed by atoms with Crippen LogP contribution in [0.4, 0.5) is 0 Å². The van der Waals surface area contributed by atoms with Crippen LogP contribution in [0.5, 0.6) is 0 Å². The zero-order valence-electron chi connectivity index (χ0n) is 11.3. The fraction of sp³-hybridized carbons (Fsp3) is 0.438. The molecule has 2 rings (SSSR count). The predicted molar refractivity (Wildman–Crippen MR) is 77.5 cm³/mol. The summed E-state index contributed by atoms with van der Waals surface area (Å²) in [6, 6.07) is 10.6. The summed E-state index contributed by atoms with van der Waals surface area (Å²) in [4.78, 5) is 4.38. The molecule has 2 aromatic rings. The smallest absolute Gasteiger partial charge is 0.0704 e.